The van der Waals surface area contributed by atoms with E-state index >= 15 is 0 Å². The number of morpholine rings is 1. The van der Waals surface area contributed by atoms with Gasteiger partial charge in [0.2, 0.25) is 0 Å². The summed E-state index contributed by atoms with van der Waals surface area (Å²) < 4.78 is 11.9. The van der Waals surface area contributed by atoms with Gasteiger partial charge in [-0.15, -0.1) is 0 Å². The largest absolute Gasteiger partial charge is 0.375 e. The maximum atomic E-state index is 6.01. The molecule has 2 saturated heterocycles. The predicted octanol–water partition coefficient (Wildman–Crippen LogP) is 2.39. The fourth-order valence-corrected chi connectivity index (χ4v) is 4.49. The van der Waals surface area contributed by atoms with Crippen molar-refractivity contribution in [1.29, 1.82) is 0 Å². The van der Waals surface area contributed by atoms with Crippen molar-refractivity contribution in [2.24, 2.45) is 4.99 Å². The Morgan fingerprint density at radius 2 is 1.93 bits per heavy atom. The van der Waals surface area contributed by atoms with Crippen LogP contribution in [0.1, 0.15) is 32.3 Å². The Bertz CT molecular complexity index is 615. The zero-order chi connectivity index (χ0) is 20.5. The first kappa shape index (κ1) is 22.1. The molecule has 29 heavy (non-hydrogen) atoms. The van der Waals surface area contributed by atoms with E-state index in [-0.39, 0.29) is 12.2 Å². The second-order valence-electron chi connectivity index (χ2n) is 7.90. The highest BCUT2D eigenvalue weighted by Crippen LogP contribution is 2.21. The molecule has 0 spiro atoms. The molecule has 2 aliphatic rings. The number of benzene rings is 1. The monoisotopic (exact) mass is 402 g/mol. The molecular formula is C23H38N4O2. The van der Waals surface area contributed by atoms with Gasteiger partial charge in [-0.25, -0.2) is 0 Å². The Balaban J connectivity index is 1.60. The molecule has 0 aliphatic carbocycles. The van der Waals surface area contributed by atoms with E-state index < -0.39 is 0 Å². The molecule has 0 amide bonds. The molecule has 2 heterocycles. The number of likely N-dealkylation sites (N-methyl/N-ethyl adjacent to an activating group) is 1. The fourth-order valence-electron chi connectivity index (χ4n) is 4.49. The van der Waals surface area contributed by atoms with Crippen LogP contribution < -0.4 is 5.32 Å². The second kappa shape index (κ2) is 11.5. The summed E-state index contributed by atoms with van der Waals surface area (Å²) in [5.41, 5.74) is 1.38. The topological polar surface area (TPSA) is 49.3 Å². The summed E-state index contributed by atoms with van der Waals surface area (Å²) in [6.45, 7) is 10.8. The molecular weight excluding hydrogens is 364 g/mol. The normalized spacial score (nSPS) is 24.1. The average molecular weight is 403 g/mol. The van der Waals surface area contributed by atoms with Gasteiger partial charge in [0, 0.05) is 39.3 Å². The first-order valence-electron chi connectivity index (χ1n) is 11.2. The van der Waals surface area contributed by atoms with Crippen LogP contribution in [0.4, 0.5) is 0 Å². The van der Waals surface area contributed by atoms with Gasteiger partial charge in [0.15, 0.2) is 5.96 Å². The summed E-state index contributed by atoms with van der Waals surface area (Å²) in [4.78, 5) is 9.44. The number of rotatable bonds is 8. The highest BCUT2D eigenvalue weighted by Gasteiger charge is 2.32. The SMILES string of the molecule is CCN(CC)C(CNC(=NC)N1CCOC(C2CCCO2)C1)Cc1ccccc1. The Labute approximate surface area is 176 Å². The molecule has 2 aliphatic heterocycles. The summed E-state index contributed by atoms with van der Waals surface area (Å²) in [6, 6.07) is 11.2. The fraction of sp³-hybridized carbons (Fsp3) is 0.696. The van der Waals surface area contributed by atoms with Crippen molar-refractivity contribution in [1.82, 2.24) is 15.1 Å². The summed E-state index contributed by atoms with van der Waals surface area (Å²) in [6.07, 6.45) is 3.66. The Morgan fingerprint density at radius 3 is 2.59 bits per heavy atom. The van der Waals surface area contributed by atoms with Crippen LogP contribution in [0.15, 0.2) is 35.3 Å². The number of guanidine groups is 1. The highest BCUT2D eigenvalue weighted by molar-refractivity contribution is 5.80. The minimum Gasteiger partial charge on any atom is -0.375 e. The van der Waals surface area contributed by atoms with E-state index in [0.29, 0.717) is 6.04 Å². The number of hydrogen-bond acceptors (Lipinski definition) is 4. The van der Waals surface area contributed by atoms with Crippen LogP contribution in [0.5, 0.6) is 0 Å². The molecule has 3 rings (SSSR count). The van der Waals surface area contributed by atoms with Gasteiger partial charge in [-0.1, -0.05) is 44.2 Å². The summed E-state index contributed by atoms with van der Waals surface area (Å²) >= 11 is 0. The molecule has 3 atom stereocenters. The Hall–Kier alpha value is -1.63. The summed E-state index contributed by atoms with van der Waals surface area (Å²) in [5.74, 6) is 0.974. The number of aliphatic imine (C=N–C) groups is 1. The van der Waals surface area contributed by atoms with Gasteiger partial charge in [-0.05, 0) is 37.9 Å². The summed E-state index contributed by atoms with van der Waals surface area (Å²) in [5, 5.41) is 3.66. The molecule has 1 aromatic carbocycles. The van der Waals surface area contributed by atoms with E-state index in [1.54, 1.807) is 0 Å². The standard InChI is InChI=1S/C23H38N4O2/c1-4-26(5-2)20(16-19-10-7-6-8-11-19)17-25-23(24-3)27-13-15-29-22(18-27)21-12-9-14-28-21/h6-8,10-11,20-22H,4-5,9,12-18H2,1-3H3,(H,24,25). The molecule has 2 fully saturated rings. The Kier molecular flexibility index (Phi) is 8.77. The molecule has 162 valence electrons. The molecule has 1 N–H and O–H groups in total. The van der Waals surface area contributed by atoms with E-state index in [1.807, 2.05) is 7.05 Å². The van der Waals surface area contributed by atoms with Gasteiger partial charge in [-0.2, -0.15) is 0 Å². The van der Waals surface area contributed by atoms with Gasteiger partial charge >= 0.3 is 0 Å². The smallest absolute Gasteiger partial charge is 0.193 e. The van der Waals surface area contributed by atoms with Crippen molar-refractivity contribution in [3.05, 3.63) is 35.9 Å². The number of nitrogens with zero attached hydrogens (tertiary/aromatic N) is 3. The highest BCUT2D eigenvalue weighted by atomic mass is 16.5. The maximum absolute atomic E-state index is 6.01. The van der Waals surface area contributed by atoms with Crippen molar-refractivity contribution in [2.45, 2.75) is 51.4 Å². The van der Waals surface area contributed by atoms with E-state index in [2.05, 4.69) is 64.3 Å². The van der Waals surface area contributed by atoms with Gasteiger partial charge in [0.25, 0.3) is 0 Å². The number of hydrogen-bond donors (Lipinski definition) is 1. The van der Waals surface area contributed by atoms with Gasteiger partial charge in [0.05, 0.1) is 12.7 Å². The lowest BCUT2D eigenvalue weighted by atomic mass is 10.0. The van der Waals surface area contributed by atoms with Gasteiger partial charge < -0.3 is 19.7 Å². The zero-order valence-corrected chi connectivity index (χ0v) is 18.3. The van der Waals surface area contributed by atoms with E-state index in [4.69, 9.17) is 9.47 Å². The van der Waals surface area contributed by atoms with Crippen molar-refractivity contribution in [3.63, 3.8) is 0 Å². The molecule has 0 saturated carbocycles. The third kappa shape index (κ3) is 6.17. The number of nitrogens with one attached hydrogen (secondary N) is 1. The number of ether oxygens (including phenoxy) is 2. The molecule has 6 heteroatoms. The molecule has 1 aromatic rings. The molecule has 0 bridgehead atoms. The van der Waals surface area contributed by atoms with E-state index in [9.17, 15) is 0 Å². The van der Waals surface area contributed by atoms with Crippen LogP contribution in [0.2, 0.25) is 0 Å². The van der Waals surface area contributed by atoms with Crippen LogP contribution in [0.25, 0.3) is 0 Å². The van der Waals surface area contributed by atoms with Crippen LogP contribution in [-0.4, -0.2) is 87.0 Å². The maximum Gasteiger partial charge on any atom is 0.193 e. The van der Waals surface area contributed by atoms with Crippen molar-refractivity contribution < 1.29 is 9.47 Å². The second-order valence-corrected chi connectivity index (χ2v) is 7.90. The molecule has 6 nitrogen and oxygen atoms in total. The quantitative estimate of drug-likeness (QED) is 0.535. The minimum absolute atomic E-state index is 0.146. The third-order valence-electron chi connectivity index (χ3n) is 6.12. The van der Waals surface area contributed by atoms with Crippen LogP contribution in [-0.2, 0) is 15.9 Å². The Morgan fingerprint density at radius 1 is 1.17 bits per heavy atom. The molecule has 0 radical (unpaired) electrons. The predicted molar refractivity (Wildman–Crippen MR) is 119 cm³/mol. The third-order valence-corrected chi connectivity index (χ3v) is 6.12. The summed E-state index contributed by atoms with van der Waals surface area (Å²) in [7, 11) is 1.88. The first-order valence-corrected chi connectivity index (χ1v) is 11.2. The van der Waals surface area contributed by atoms with Crippen molar-refractivity contribution in [3.8, 4) is 0 Å². The van der Waals surface area contributed by atoms with Gasteiger partial charge in [-0.3, -0.25) is 9.89 Å². The lowest BCUT2D eigenvalue weighted by molar-refractivity contribution is -0.0817. The van der Waals surface area contributed by atoms with Crippen molar-refractivity contribution in [2.75, 3.05) is 53.0 Å². The lowest BCUT2D eigenvalue weighted by Gasteiger charge is -2.38. The van der Waals surface area contributed by atoms with E-state index in [1.165, 1.54) is 5.56 Å². The minimum atomic E-state index is 0.146. The van der Waals surface area contributed by atoms with Crippen molar-refractivity contribution >= 4 is 5.96 Å². The molecule has 3 unspecified atom stereocenters. The lowest BCUT2D eigenvalue weighted by Crippen LogP contribution is -2.55. The van der Waals surface area contributed by atoms with E-state index in [0.717, 1.165) is 71.2 Å². The van der Waals surface area contributed by atoms with Crippen LogP contribution in [0.3, 0.4) is 0 Å². The van der Waals surface area contributed by atoms with Crippen LogP contribution >= 0.6 is 0 Å². The van der Waals surface area contributed by atoms with Gasteiger partial charge in [0.1, 0.15) is 6.10 Å². The molecule has 0 aromatic heterocycles. The average Bonchev–Trinajstić information content (AvgIpc) is 3.31. The van der Waals surface area contributed by atoms with Crippen LogP contribution in [0, 0.1) is 0 Å². The zero-order valence-electron chi connectivity index (χ0n) is 18.3. The first-order chi connectivity index (χ1) is 14.2.